The predicted molar refractivity (Wildman–Crippen MR) is 122 cm³/mol. The van der Waals surface area contributed by atoms with Crippen molar-refractivity contribution in [3.63, 3.8) is 0 Å². The quantitative estimate of drug-likeness (QED) is 0.557. The molecule has 0 saturated carbocycles. The van der Waals surface area contributed by atoms with Crippen molar-refractivity contribution in [3.05, 3.63) is 46.8 Å². The number of hydrogen-bond acceptors (Lipinski definition) is 8. The molecular formula is C21H25N3O7S2. The van der Waals surface area contributed by atoms with Crippen molar-refractivity contribution in [1.82, 2.24) is 4.31 Å². The molecule has 10 nitrogen and oxygen atoms in total. The summed E-state index contributed by atoms with van der Waals surface area (Å²) < 4.78 is 38.2. The van der Waals surface area contributed by atoms with Crippen molar-refractivity contribution in [1.29, 1.82) is 0 Å². The summed E-state index contributed by atoms with van der Waals surface area (Å²) >= 11 is 1.10. The largest absolute Gasteiger partial charge is 0.449 e. The van der Waals surface area contributed by atoms with Crippen LogP contribution in [0, 0.1) is 0 Å². The molecule has 3 rings (SSSR count). The van der Waals surface area contributed by atoms with Gasteiger partial charge in [0.25, 0.3) is 11.8 Å². The Labute approximate surface area is 195 Å². The van der Waals surface area contributed by atoms with Crippen molar-refractivity contribution < 1.29 is 32.3 Å². The first kappa shape index (κ1) is 24.8. The molecule has 178 valence electrons. The van der Waals surface area contributed by atoms with E-state index in [1.807, 2.05) is 0 Å². The Morgan fingerprint density at radius 2 is 1.88 bits per heavy atom. The summed E-state index contributed by atoms with van der Waals surface area (Å²) in [7, 11) is -3.85. The lowest BCUT2D eigenvalue weighted by atomic mass is 10.2. The maximum absolute atomic E-state index is 13.1. The number of rotatable bonds is 7. The van der Waals surface area contributed by atoms with E-state index in [4.69, 9.17) is 15.2 Å². The lowest BCUT2D eigenvalue weighted by Gasteiger charge is -2.34. The Balaban J connectivity index is 1.70. The van der Waals surface area contributed by atoms with E-state index in [0.717, 1.165) is 11.3 Å². The molecule has 3 atom stereocenters. The van der Waals surface area contributed by atoms with E-state index < -0.39 is 33.9 Å². The normalized spacial score (nSPS) is 20.1. The highest BCUT2D eigenvalue weighted by Gasteiger charge is 2.32. The van der Waals surface area contributed by atoms with Gasteiger partial charge in [-0.1, -0.05) is 6.07 Å². The summed E-state index contributed by atoms with van der Waals surface area (Å²) in [6.45, 7) is 5.35. The Bertz CT molecular complexity index is 1150. The standard InChI is InChI=1S/C21H25N3O7S2/c1-12-10-24(11-13(2)30-12)33(28,29)16-6-4-5-15(9-16)21(27)31-14(3)19(26)23-20-17(18(22)25)7-8-32-20/h4-9,12-14H,10-11H2,1-3H3,(H2,22,25)(H,23,26)/t12-,13-,14-/m1/s1. The number of carbonyl (C=O) groups excluding carboxylic acids is 3. The number of nitrogens with one attached hydrogen (secondary N) is 1. The van der Waals surface area contributed by atoms with Gasteiger partial charge < -0.3 is 20.5 Å². The van der Waals surface area contributed by atoms with Gasteiger partial charge in [-0.2, -0.15) is 4.31 Å². The fourth-order valence-electron chi connectivity index (χ4n) is 3.36. The van der Waals surface area contributed by atoms with Crippen molar-refractivity contribution in [2.24, 2.45) is 5.73 Å². The second kappa shape index (κ2) is 10.00. The maximum atomic E-state index is 13.1. The first-order valence-electron chi connectivity index (χ1n) is 10.1. The van der Waals surface area contributed by atoms with E-state index >= 15 is 0 Å². The van der Waals surface area contributed by atoms with Gasteiger partial charge in [0, 0.05) is 13.1 Å². The molecule has 1 aliphatic rings. The fraction of sp³-hybridized carbons (Fsp3) is 0.381. The van der Waals surface area contributed by atoms with Crippen LogP contribution in [-0.2, 0) is 24.3 Å². The second-order valence-electron chi connectivity index (χ2n) is 7.67. The molecular weight excluding hydrogens is 470 g/mol. The Kier molecular flexibility index (Phi) is 7.52. The van der Waals surface area contributed by atoms with Crippen LogP contribution < -0.4 is 11.1 Å². The van der Waals surface area contributed by atoms with Gasteiger partial charge in [0.1, 0.15) is 5.00 Å². The highest BCUT2D eigenvalue weighted by molar-refractivity contribution is 7.89. The number of morpholine rings is 1. The highest BCUT2D eigenvalue weighted by Crippen LogP contribution is 2.24. The van der Waals surface area contributed by atoms with Crippen molar-refractivity contribution in [2.45, 2.75) is 44.0 Å². The van der Waals surface area contributed by atoms with Crippen molar-refractivity contribution in [3.8, 4) is 0 Å². The summed E-state index contributed by atoms with van der Waals surface area (Å²) in [5.74, 6) is -2.22. The summed E-state index contributed by atoms with van der Waals surface area (Å²) in [6.07, 6.45) is -1.72. The zero-order valence-corrected chi connectivity index (χ0v) is 19.9. The molecule has 0 radical (unpaired) electrons. The number of esters is 1. The van der Waals surface area contributed by atoms with E-state index in [1.165, 1.54) is 41.6 Å². The zero-order valence-electron chi connectivity index (χ0n) is 18.3. The molecule has 1 aliphatic heterocycles. The molecule has 0 aliphatic carbocycles. The van der Waals surface area contributed by atoms with Gasteiger partial charge in [0.05, 0.1) is 28.2 Å². The molecule has 1 aromatic carbocycles. The Morgan fingerprint density at radius 3 is 2.52 bits per heavy atom. The number of benzene rings is 1. The third-order valence-corrected chi connectivity index (χ3v) is 7.57. The summed E-state index contributed by atoms with van der Waals surface area (Å²) in [6, 6.07) is 6.93. The number of primary amides is 1. The van der Waals surface area contributed by atoms with Crippen LogP contribution in [0.15, 0.2) is 40.6 Å². The molecule has 2 aromatic rings. The molecule has 33 heavy (non-hydrogen) atoms. The van der Waals surface area contributed by atoms with E-state index in [1.54, 1.807) is 19.2 Å². The minimum atomic E-state index is -3.85. The third kappa shape index (κ3) is 5.77. The number of thiophene rings is 1. The van der Waals surface area contributed by atoms with Crippen molar-refractivity contribution >= 4 is 44.1 Å². The van der Waals surface area contributed by atoms with E-state index in [9.17, 15) is 22.8 Å². The van der Waals surface area contributed by atoms with Crippen LogP contribution in [0.1, 0.15) is 41.5 Å². The SMILES string of the molecule is C[C@@H]1CN(S(=O)(=O)c2cccc(C(=O)O[C@H](C)C(=O)Nc3sccc3C(N)=O)c2)C[C@@H](C)O1. The van der Waals surface area contributed by atoms with Gasteiger partial charge in [-0.25, -0.2) is 13.2 Å². The molecule has 2 amide bonds. The number of nitrogens with two attached hydrogens (primary N) is 1. The molecule has 1 fully saturated rings. The third-order valence-electron chi connectivity index (χ3n) is 4.91. The lowest BCUT2D eigenvalue weighted by molar-refractivity contribution is -0.123. The van der Waals surface area contributed by atoms with Crippen LogP contribution in [0.4, 0.5) is 5.00 Å². The molecule has 0 unspecified atom stereocenters. The van der Waals surface area contributed by atoms with Crippen LogP contribution in [0.25, 0.3) is 0 Å². The predicted octanol–water partition coefficient (Wildman–Crippen LogP) is 1.83. The summed E-state index contributed by atoms with van der Waals surface area (Å²) in [5, 5.41) is 4.34. The lowest BCUT2D eigenvalue weighted by Crippen LogP contribution is -2.48. The van der Waals surface area contributed by atoms with E-state index in [0.29, 0.717) is 0 Å². The Morgan fingerprint density at radius 1 is 1.21 bits per heavy atom. The minimum Gasteiger partial charge on any atom is -0.449 e. The maximum Gasteiger partial charge on any atom is 0.338 e. The van der Waals surface area contributed by atoms with E-state index in [-0.39, 0.29) is 46.3 Å². The smallest absolute Gasteiger partial charge is 0.338 e. The van der Waals surface area contributed by atoms with Gasteiger partial charge >= 0.3 is 5.97 Å². The fourth-order valence-corrected chi connectivity index (χ4v) is 5.79. The number of sulfonamides is 1. The molecule has 3 N–H and O–H groups in total. The Hall–Kier alpha value is -2.80. The second-order valence-corrected chi connectivity index (χ2v) is 10.5. The number of ether oxygens (including phenoxy) is 2. The first-order valence-corrected chi connectivity index (χ1v) is 12.5. The average molecular weight is 496 g/mol. The van der Waals surface area contributed by atoms with Gasteiger partial charge in [-0.15, -0.1) is 11.3 Å². The number of carbonyl (C=O) groups is 3. The van der Waals surface area contributed by atoms with Crippen LogP contribution in [0.5, 0.6) is 0 Å². The van der Waals surface area contributed by atoms with Gasteiger partial charge in [0.15, 0.2) is 6.10 Å². The molecule has 0 spiro atoms. The topological polar surface area (TPSA) is 145 Å². The molecule has 2 heterocycles. The number of hydrogen-bond donors (Lipinski definition) is 2. The zero-order chi connectivity index (χ0) is 24.3. The van der Waals surface area contributed by atoms with Gasteiger partial charge in [0.2, 0.25) is 10.0 Å². The monoisotopic (exact) mass is 495 g/mol. The van der Waals surface area contributed by atoms with Crippen LogP contribution >= 0.6 is 11.3 Å². The summed E-state index contributed by atoms with van der Waals surface area (Å²) in [4.78, 5) is 36.3. The van der Waals surface area contributed by atoms with Gasteiger partial charge in [-0.05, 0) is 50.4 Å². The van der Waals surface area contributed by atoms with Crippen LogP contribution in [0.2, 0.25) is 0 Å². The molecule has 1 aromatic heterocycles. The average Bonchev–Trinajstić information content (AvgIpc) is 3.21. The number of anilines is 1. The minimum absolute atomic E-state index is 0.0148. The van der Waals surface area contributed by atoms with Crippen LogP contribution in [0.3, 0.4) is 0 Å². The summed E-state index contributed by atoms with van der Waals surface area (Å²) in [5.41, 5.74) is 5.39. The molecule has 0 bridgehead atoms. The molecule has 1 saturated heterocycles. The van der Waals surface area contributed by atoms with E-state index in [2.05, 4.69) is 5.32 Å². The number of nitrogens with zero attached hydrogens (tertiary/aromatic N) is 1. The molecule has 12 heteroatoms. The van der Waals surface area contributed by atoms with Gasteiger partial charge in [-0.3, -0.25) is 9.59 Å². The first-order chi connectivity index (χ1) is 15.5. The van der Waals surface area contributed by atoms with Crippen molar-refractivity contribution in [2.75, 3.05) is 18.4 Å². The number of amides is 2. The van der Waals surface area contributed by atoms with Crippen LogP contribution in [-0.4, -0.2) is 61.9 Å². The highest BCUT2D eigenvalue weighted by atomic mass is 32.2.